The van der Waals surface area contributed by atoms with Gasteiger partial charge in [0.2, 0.25) is 11.8 Å². The lowest BCUT2D eigenvalue weighted by molar-refractivity contribution is -0.138. The minimum Gasteiger partial charge on any atom is -0.300 e. The van der Waals surface area contributed by atoms with Gasteiger partial charge in [-0.3, -0.25) is 14.5 Å². The molecule has 1 heterocycles. The van der Waals surface area contributed by atoms with E-state index in [-0.39, 0.29) is 23.4 Å². The van der Waals surface area contributed by atoms with Crippen molar-refractivity contribution in [3.8, 4) is 0 Å². The van der Waals surface area contributed by atoms with Crippen LogP contribution in [0.2, 0.25) is 0 Å². The normalized spacial score (nSPS) is 29.9. The molecule has 1 atom stereocenters. The van der Waals surface area contributed by atoms with Crippen LogP contribution in [0.15, 0.2) is 0 Å². The van der Waals surface area contributed by atoms with Crippen molar-refractivity contribution in [3.63, 3.8) is 0 Å². The molecule has 1 aliphatic carbocycles. The Balaban J connectivity index is 2.01. The number of rotatable bonds is 3. The fourth-order valence-electron chi connectivity index (χ4n) is 1.88. The Morgan fingerprint density at radius 1 is 1.50 bits per heavy atom. The fraction of sp³-hybridized carbons (Fsp3) is 0.800. The van der Waals surface area contributed by atoms with E-state index >= 15 is 0 Å². The first-order valence-corrected chi connectivity index (χ1v) is 5.18. The zero-order valence-electron chi connectivity index (χ0n) is 8.67. The summed E-state index contributed by atoms with van der Waals surface area (Å²) in [5.41, 5.74) is 0.115. The minimum atomic E-state index is -0.269. The molecule has 4 heteroatoms. The predicted molar refractivity (Wildman–Crippen MR) is 51.6 cm³/mol. The largest absolute Gasteiger partial charge is 0.300 e. The number of hydrogen-bond donors (Lipinski definition) is 1. The number of hydrogen-bond acceptors (Lipinski definition) is 3. The van der Waals surface area contributed by atoms with Crippen LogP contribution in [0.25, 0.3) is 0 Å². The van der Waals surface area contributed by atoms with Gasteiger partial charge in [-0.2, -0.15) is 0 Å². The molecule has 1 saturated heterocycles. The molecule has 4 nitrogen and oxygen atoms in total. The second-order valence-corrected chi connectivity index (χ2v) is 4.44. The van der Waals surface area contributed by atoms with Crippen LogP contribution in [0.1, 0.15) is 33.1 Å². The maximum atomic E-state index is 11.7. The van der Waals surface area contributed by atoms with Crippen LogP contribution >= 0.6 is 0 Å². The highest BCUT2D eigenvalue weighted by Gasteiger charge is 2.45. The zero-order valence-corrected chi connectivity index (χ0v) is 8.67. The lowest BCUT2D eigenvalue weighted by atomic mass is 10.2. The Labute approximate surface area is 83.6 Å². The number of likely N-dealkylation sites (tertiary alicyclic amines) is 1. The van der Waals surface area contributed by atoms with Crippen molar-refractivity contribution in [2.45, 2.75) is 44.7 Å². The molecule has 14 heavy (non-hydrogen) atoms. The number of carbonyl (C=O) groups is 2. The predicted octanol–water partition coefficient (Wildman–Crippen LogP) is 0.276. The number of amides is 2. The first-order chi connectivity index (χ1) is 6.56. The molecule has 0 aromatic heterocycles. The van der Waals surface area contributed by atoms with Crippen LogP contribution in [0.4, 0.5) is 0 Å². The molecule has 2 aliphatic rings. The van der Waals surface area contributed by atoms with Crippen molar-refractivity contribution in [2.75, 3.05) is 6.54 Å². The third-order valence-corrected chi connectivity index (χ3v) is 3.08. The summed E-state index contributed by atoms with van der Waals surface area (Å²) in [5, 5.41) is 3.26. The highest BCUT2D eigenvalue weighted by atomic mass is 16.2. The third-order valence-electron chi connectivity index (χ3n) is 3.08. The van der Waals surface area contributed by atoms with Crippen molar-refractivity contribution in [3.05, 3.63) is 0 Å². The van der Waals surface area contributed by atoms with Crippen molar-refractivity contribution < 1.29 is 9.59 Å². The number of likely N-dealkylation sites (N-methyl/N-ethyl adjacent to an activating group) is 1. The average Bonchev–Trinajstić information content (AvgIpc) is 2.77. The fourth-order valence-corrected chi connectivity index (χ4v) is 1.88. The molecule has 0 spiro atoms. The van der Waals surface area contributed by atoms with Crippen LogP contribution in [0.3, 0.4) is 0 Å². The average molecular weight is 196 g/mol. The SMILES string of the molecule is CCN1C(=O)CC(NC2(C)CC2)C1=O. The molecule has 0 bridgehead atoms. The maximum Gasteiger partial charge on any atom is 0.246 e. The second-order valence-electron chi connectivity index (χ2n) is 4.44. The van der Waals surface area contributed by atoms with Crippen molar-refractivity contribution in [1.82, 2.24) is 10.2 Å². The van der Waals surface area contributed by atoms with E-state index in [4.69, 9.17) is 0 Å². The van der Waals surface area contributed by atoms with Crippen LogP contribution in [-0.4, -0.2) is 34.8 Å². The second kappa shape index (κ2) is 3.05. The Morgan fingerprint density at radius 3 is 2.57 bits per heavy atom. The molecular weight excluding hydrogens is 180 g/mol. The number of imide groups is 1. The van der Waals surface area contributed by atoms with Gasteiger partial charge in [-0.15, -0.1) is 0 Å². The van der Waals surface area contributed by atoms with Gasteiger partial charge in [0, 0.05) is 12.1 Å². The van der Waals surface area contributed by atoms with E-state index in [0.717, 1.165) is 12.8 Å². The van der Waals surface area contributed by atoms with Crippen LogP contribution < -0.4 is 5.32 Å². The van der Waals surface area contributed by atoms with E-state index in [1.165, 1.54) is 4.90 Å². The zero-order chi connectivity index (χ0) is 10.3. The number of nitrogens with zero attached hydrogens (tertiary/aromatic N) is 1. The van der Waals surface area contributed by atoms with Gasteiger partial charge in [-0.1, -0.05) is 0 Å². The van der Waals surface area contributed by atoms with Gasteiger partial charge in [0.05, 0.1) is 12.5 Å². The Hall–Kier alpha value is -0.900. The van der Waals surface area contributed by atoms with Crippen molar-refractivity contribution >= 4 is 11.8 Å². The van der Waals surface area contributed by atoms with Gasteiger partial charge in [0.25, 0.3) is 0 Å². The number of nitrogens with one attached hydrogen (secondary N) is 1. The summed E-state index contributed by atoms with van der Waals surface area (Å²) >= 11 is 0. The molecule has 1 aliphatic heterocycles. The smallest absolute Gasteiger partial charge is 0.246 e. The monoisotopic (exact) mass is 196 g/mol. The molecule has 0 radical (unpaired) electrons. The van der Waals surface area contributed by atoms with Crippen molar-refractivity contribution in [2.24, 2.45) is 0 Å². The molecule has 1 saturated carbocycles. The summed E-state index contributed by atoms with van der Waals surface area (Å²) in [7, 11) is 0. The first-order valence-electron chi connectivity index (χ1n) is 5.18. The summed E-state index contributed by atoms with van der Waals surface area (Å²) < 4.78 is 0. The molecule has 78 valence electrons. The first kappa shape index (κ1) is 9.65. The molecule has 0 aromatic rings. The third kappa shape index (κ3) is 1.54. The standard InChI is InChI=1S/C10H16N2O2/c1-3-12-8(13)6-7(9(12)14)11-10(2)4-5-10/h7,11H,3-6H2,1-2H3. The molecular formula is C10H16N2O2. The topological polar surface area (TPSA) is 49.4 Å². The van der Waals surface area contributed by atoms with Gasteiger partial charge in [-0.05, 0) is 26.7 Å². The van der Waals surface area contributed by atoms with Crippen LogP contribution in [0.5, 0.6) is 0 Å². The number of carbonyl (C=O) groups excluding carboxylic acids is 2. The molecule has 2 amide bonds. The molecule has 2 rings (SSSR count). The highest BCUT2D eigenvalue weighted by Crippen LogP contribution is 2.35. The lowest BCUT2D eigenvalue weighted by Gasteiger charge is -2.17. The Bertz CT molecular complexity index is 284. The van der Waals surface area contributed by atoms with Crippen molar-refractivity contribution in [1.29, 1.82) is 0 Å². The summed E-state index contributed by atoms with van der Waals surface area (Å²) in [5.74, 6) is -0.0927. The van der Waals surface area contributed by atoms with E-state index in [1.807, 2.05) is 6.92 Å². The van der Waals surface area contributed by atoms with Crippen LogP contribution in [-0.2, 0) is 9.59 Å². The molecule has 1 unspecified atom stereocenters. The highest BCUT2D eigenvalue weighted by molar-refractivity contribution is 6.05. The molecule has 1 N–H and O–H groups in total. The maximum absolute atomic E-state index is 11.7. The van der Waals surface area contributed by atoms with Gasteiger partial charge in [0.1, 0.15) is 0 Å². The quantitative estimate of drug-likeness (QED) is 0.659. The van der Waals surface area contributed by atoms with E-state index in [0.29, 0.717) is 13.0 Å². The van der Waals surface area contributed by atoms with Gasteiger partial charge < -0.3 is 5.32 Å². The van der Waals surface area contributed by atoms with Gasteiger partial charge in [-0.25, -0.2) is 0 Å². The minimum absolute atomic E-state index is 0.0424. The van der Waals surface area contributed by atoms with Crippen LogP contribution in [0, 0.1) is 0 Å². The molecule has 0 aromatic carbocycles. The van der Waals surface area contributed by atoms with E-state index in [9.17, 15) is 9.59 Å². The Morgan fingerprint density at radius 2 is 2.14 bits per heavy atom. The summed E-state index contributed by atoms with van der Waals surface area (Å²) in [6, 6.07) is -0.269. The lowest BCUT2D eigenvalue weighted by Crippen LogP contribution is -2.43. The summed E-state index contributed by atoms with van der Waals surface area (Å²) in [6.45, 7) is 4.42. The van der Waals surface area contributed by atoms with E-state index in [1.54, 1.807) is 0 Å². The Kier molecular flexibility index (Phi) is 2.10. The summed E-state index contributed by atoms with van der Waals surface area (Å²) in [6.07, 6.45) is 2.55. The van der Waals surface area contributed by atoms with Gasteiger partial charge >= 0.3 is 0 Å². The van der Waals surface area contributed by atoms with E-state index < -0.39 is 0 Å². The molecule has 2 fully saturated rings. The van der Waals surface area contributed by atoms with Gasteiger partial charge in [0.15, 0.2) is 0 Å². The summed E-state index contributed by atoms with van der Waals surface area (Å²) in [4.78, 5) is 24.4. The van der Waals surface area contributed by atoms with E-state index in [2.05, 4.69) is 12.2 Å².